The van der Waals surface area contributed by atoms with Crippen LogP contribution in [0.5, 0.6) is 0 Å². The van der Waals surface area contributed by atoms with E-state index in [2.05, 4.69) is 16.0 Å². The molecule has 1 aromatic heterocycles. The molecule has 0 atom stereocenters. The first kappa shape index (κ1) is 12.5. The molecule has 1 fully saturated rings. The first-order valence-corrected chi connectivity index (χ1v) is 6.72. The molecular formula is C15H16N4O. The highest BCUT2D eigenvalue weighted by Crippen LogP contribution is 2.28. The number of fused-ring (bicyclic) bond motifs is 1. The summed E-state index contributed by atoms with van der Waals surface area (Å²) in [6.07, 6.45) is 0. The number of nitriles is 1. The highest BCUT2D eigenvalue weighted by atomic mass is 16.2. The van der Waals surface area contributed by atoms with Crippen LogP contribution in [0.15, 0.2) is 24.3 Å². The van der Waals surface area contributed by atoms with Crippen molar-refractivity contribution in [2.75, 3.05) is 31.1 Å². The van der Waals surface area contributed by atoms with E-state index >= 15 is 0 Å². The molecule has 5 nitrogen and oxygen atoms in total. The predicted molar refractivity (Wildman–Crippen MR) is 77.5 cm³/mol. The Morgan fingerprint density at radius 3 is 2.60 bits per heavy atom. The fourth-order valence-corrected chi connectivity index (χ4v) is 2.72. The van der Waals surface area contributed by atoms with Gasteiger partial charge < -0.3 is 14.8 Å². The molecule has 0 bridgehead atoms. The standard InChI is InChI=1S/C15H16N4O/c1-11(20)18-6-8-19(9-7-18)15-13(10-16)12-4-2-3-5-14(12)17-15/h2-5,17H,6-9H2,1H3. The van der Waals surface area contributed by atoms with Gasteiger partial charge in [0.2, 0.25) is 5.91 Å². The third kappa shape index (κ3) is 1.99. The van der Waals surface area contributed by atoms with E-state index in [1.54, 1.807) is 6.92 Å². The van der Waals surface area contributed by atoms with Crippen LogP contribution in [-0.2, 0) is 4.79 Å². The number of anilines is 1. The van der Waals surface area contributed by atoms with E-state index < -0.39 is 0 Å². The average Bonchev–Trinajstić information content (AvgIpc) is 2.85. The minimum absolute atomic E-state index is 0.113. The summed E-state index contributed by atoms with van der Waals surface area (Å²) in [7, 11) is 0. The van der Waals surface area contributed by atoms with Crippen LogP contribution in [0, 0.1) is 11.3 Å². The maximum absolute atomic E-state index is 11.4. The van der Waals surface area contributed by atoms with Gasteiger partial charge in [0.25, 0.3) is 0 Å². The van der Waals surface area contributed by atoms with Crippen molar-refractivity contribution in [1.29, 1.82) is 5.26 Å². The van der Waals surface area contributed by atoms with Gasteiger partial charge in [0.05, 0.1) is 0 Å². The van der Waals surface area contributed by atoms with Crippen molar-refractivity contribution in [1.82, 2.24) is 9.88 Å². The van der Waals surface area contributed by atoms with Crippen LogP contribution < -0.4 is 4.90 Å². The molecule has 1 aliphatic rings. The highest BCUT2D eigenvalue weighted by molar-refractivity contribution is 5.91. The van der Waals surface area contributed by atoms with E-state index in [-0.39, 0.29) is 5.91 Å². The highest BCUT2D eigenvalue weighted by Gasteiger charge is 2.22. The molecule has 0 saturated carbocycles. The molecule has 0 spiro atoms. The summed E-state index contributed by atoms with van der Waals surface area (Å²) >= 11 is 0. The maximum Gasteiger partial charge on any atom is 0.219 e. The number of piperazine rings is 1. The first-order chi connectivity index (χ1) is 9.70. The van der Waals surface area contributed by atoms with Gasteiger partial charge >= 0.3 is 0 Å². The first-order valence-electron chi connectivity index (χ1n) is 6.72. The van der Waals surface area contributed by atoms with Crippen LogP contribution >= 0.6 is 0 Å². The molecule has 2 aromatic rings. The van der Waals surface area contributed by atoms with Crippen molar-refractivity contribution >= 4 is 22.6 Å². The number of para-hydroxylation sites is 1. The van der Waals surface area contributed by atoms with Crippen molar-refractivity contribution in [2.24, 2.45) is 0 Å². The lowest BCUT2D eigenvalue weighted by atomic mass is 10.1. The van der Waals surface area contributed by atoms with Gasteiger partial charge in [-0.3, -0.25) is 4.79 Å². The van der Waals surface area contributed by atoms with Gasteiger partial charge in [-0.25, -0.2) is 0 Å². The lowest BCUT2D eigenvalue weighted by Gasteiger charge is -2.35. The third-order valence-electron chi connectivity index (χ3n) is 3.84. The number of carbonyl (C=O) groups is 1. The molecule has 102 valence electrons. The lowest BCUT2D eigenvalue weighted by molar-refractivity contribution is -0.129. The van der Waals surface area contributed by atoms with E-state index in [9.17, 15) is 10.1 Å². The fraction of sp³-hybridized carbons (Fsp3) is 0.333. The Balaban J connectivity index is 1.92. The second-order valence-corrected chi connectivity index (χ2v) is 5.00. The van der Waals surface area contributed by atoms with Crippen molar-refractivity contribution < 1.29 is 4.79 Å². The van der Waals surface area contributed by atoms with Crippen LogP contribution in [0.1, 0.15) is 12.5 Å². The Labute approximate surface area is 117 Å². The molecule has 2 heterocycles. The minimum atomic E-state index is 0.113. The molecule has 20 heavy (non-hydrogen) atoms. The summed E-state index contributed by atoms with van der Waals surface area (Å²) in [5.41, 5.74) is 1.67. The smallest absolute Gasteiger partial charge is 0.219 e. The summed E-state index contributed by atoms with van der Waals surface area (Å²) in [6, 6.07) is 10.1. The Morgan fingerprint density at radius 2 is 1.95 bits per heavy atom. The van der Waals surface area contributed by atoms with Gasteiger partial charge in [-0.15, -0.1) is 0 Å². The second kappa shape index (κ2) is 4.89. The number of nitrogens with one attached hydrogen (secondary N) is 1. The van der Waals surface area contributed by atoms with Crippen molar-refractivity contribution in [3.63, 3.8) is 0 Å². The number of aromatic nitrogens is 1. The van der Waals surface area contributed by atoms with E-state index in [0.717, 1.165) is 29.8 Å². The third-order valence-corrected chi connectivity index (χ3v) is 3.84. The lowest BCUT2D eigenvalue weighted by Crippen LogP contribution is -2.48. The minimum Gasteiger partial charge on any atom is -0.353 e. The Hall–Kier alpha value is -2.48. The summed E-state index contributed by atoms with van der Waals surface area (Å²) in [4.78, 5) is 18.7. The largest absolute Gasteiger partial charge is 0.353 e. The molecule has 1 N–H and O–H groups in total. The number of H-pyrrole nitrogens is 1. The van der Waals surface area contributed by atoms with Crippen LogP contribution in [0.25, 0.3) is 10.9 Å². The monoisotopic (exact) mass is 268 g/mol. The molecule has 1 amide bonds. The van der Waals surface area contributed by atoms with E-state index in [0.29, 0.717) is 18.7 Å². The van der Waals surface area contributed by atoms with Crippen LogP contribution in [0.4, 0.5) is 5.82 Å². The zero-order chi connectivity index (χ0) is 14.1. The number of rotatable bonds is 1. The average molecular weight is 268 g/mol. The van der Waals surface area contributed by atoms with Gasteiger partial charge in [-0.2, -0.15) is 5.26 Å². The number of aromatic amines is 1. The number of hydrogen-bond donors (Lipinski definition) is 1. The molecule has 0 unspecified atom stereocenters. The number of carbonyl (C=O) groups excluding carboxylic acids is 1. The summed E-state index contributed by atoms with van der Waals surface area (Å²) in [5, 5.41) is 10.4. The van der Waals surface area contributed by atoms with E-state index in [1.165, 1.54) is 0 Å². The van der Waals surface area contributed by atoms with Gasteiger partial charge in [-0.1, -0.05) is 18.2 Å². The summed E-state index contributed by atoms with van der Waals surface area (Å²) in [6.45, 7) is 4.51. The zero-order valence-corrected chi connectivity index (χ0v) is 11.4. The predicted octanol–water partition coefficient (Wildman–Crippen LogP) is 1.71. The van der Waals surface area contributed by atoms with Crippen molar-refractivity contribution in [3.05, 3.63) is 29.8 Å². The number of benzene rings is 1. The van der Waals surface area contributed by atoms with E-state index in [1.807, 2.05) is 29.2 Å². The van der Waals surface area contributed by atoms with E-state index in [4.69, 9.17) is 0 Å². The fourth-order valence-electron chi connectivity index (χ4n) is 2.72. The second-order valence-electron chi connectivity index (χ2n) is 5.00. The van der Waals surface area contributed by atoms with Crippen LogP contribution in [0.2, 0.25) is 0 Å². The Morgan fingerprint density at radius 1 is 1.25 bits per heavy atom. The normalized spacial score (nSPS) is 15.4. The Kier molecular flexibility index (Phi) is 3.07. The Bertz CT molecular complexity index is 689. The maximum atomic E-state index is 11.4. The van der Waals surface area contributed by atoms with Gasteiger partial charge in [-0.05, 0) is 6.07 Å². The molecule has 1 saturated heterocycles. The van der Waals surface area contributed by atoms with Gasteiger partial charge in [0, 0.05) is 44.0 Å². The van der Waals surface area contributed by atoms with Crippen LogP contribution in [0.3, 0.4) is 0 Å². The number of hydrogen-bond acceptors (Lipinski definition) is 3. The summed E-state index contributed by atoms with van der Waals surface area (Å²) < 4.78 is 0. The van der Waals surface area contributed by atoms with Crippen molar-refractivity contribution in [3.8, 4) is 6.07 Å². The van der Waals surface area contributed by atoms with Gasteiger partial charge in [0.1, 0.15) is 17.5 Å². The molecule has 1 aromatic carbocycles. The number of nitrogens with zero attached hydrogens (tertiary/aromatic N) is 3. The quantitative estimate of drug-likeness (QED) is 0.856. The molecule has 0 radical (unpaired) electrons. The molecule has 1 aliphatic heterocycles. The molecule has 3 rings (SSSR count). The topological polar surface area (TPSA) is 63.1 Å². The SMILES string of the molecule is CC(=O)N1CCN(c2[nH]c3ccccc3c2C#N)CC1. The number of amides is 1. The van der Waals surface area contributed by atoms with Crippen molar-refractivity contribution in [2.45, 2.75) is 6.92 Å². The molecule has 5 heteroatoms. The van der Waals surface area contributed by atoms with Crippen LogP contribution in [-0.4, -0.2) is 42.0 Å². The molecular weight excluding hydrogens is 252 g/mol. The molecule has 0 aliphatic carbocycles. The van der Waals surface area contributed by atoms with Gasteiger partial charge in [0.15, 0.2) is 0 Å². The summed E-state index contributed by atoms with van der Waals surface area (Å²) in [5.74, 6) is 0.985. The zero-order valence-electron chi connectivity index (χ0n) is 11.4.